The first-order chi connectivity index (χ1) is 13.7. The average Bonchev–Trinajstić information content (AvgIpc) is 3.49. The molecule has 3 fully saturated rings. The molecule has 2 amide bonds. The number of fused-ring (bicyclic) bond motifs is 1. The van der Waals surface area contributed by atoms with Gasteiger partial charge in [0.05, 0.1) is 10.5 Å². The Morgan fingerprint density at radius 1 is 1.17 bits per heavy atom. The molecule has 2 saturated carbocycles. The van der Waals surface area contributed by atoms with Crippen molar-refractivity contribution in [2.75, 3.05) is 7.05 Å². The van der Waals surface area contributed by atoms with E-state index in [1.165, 1.54) is 23.9 Å². The second-order valence-corrected chi connectivity index (χ2v) is 9.34. The normalized spacial score (nSPS) is 29.0. The Morgan fingerprint density at radius 3 is 2.48 bits per heavy atom. The van der Waals surface area contributed by atoms with E-state index in [4.69, 9.17) is 0 Å². The van der Waals surface area contributed by atoms with E-state index in [0.29, 0.717) is 22.9 Å². The van der Waals surface area contributed by atoms with Crippen LogP contribution in [-0.2, 0) is 15.8 Å². The molecule has 3 aliphatic rings. The van der Waals surface area contributed by atoms with Crippen LogP contribution >= 0.6 is 11.8 Å². The van der Waals surface area contributed by atoms with Gasteiger partial charge in [-0.3, -0.25) is 9.59 Å². The smallest absolute Gasteiger partial charge is 0.353 e. The molecule has 1 aromatic carbocycles. The van der Waals surface area contributed by atoms with Crippen LogP contribution < -0.4 is 5.32 Å². The molecule has 1 aliphatic heterocycles. The molecule has 3 unspecified atom stereocenters. The van der Waals surface area contributed by atoms with Crippen LogP contribution in [0.3, 0.4) is 0 Å². The monoisotopic (exact) mass is 424 g/mol. The number of nitrogens with one attached hydrogen (secondary N) is 1. The zero-order chi connectivity index (χ0) is 20.8. The molecule has 2 aliphatic carbocycles. The van der Waals surface area contributed by atoms with Gasteiger partial charge in [-0.25, -0.2) is 0 Å². The summed E-state index contributed by atoms with van der Waals surface area (Å²) in [5.74, 6) is -0.101. The predicted octanol–water partition coefficient (Wildman–Crippen LogP) is 4.07. The van der Waals surface area contributed by atoms with Crippen molar-refractivity contribution in [1.82, 2.24) is 10.2 Å². The summed E-state index contributed by atoms with van der Waals surface area (Å²) in [6.45, 7) is 0. The maximum atomic E-state index is 12.8. The number of benzene rings is 1. The zero-order valence-corrected chi connectivity index (χ0v) is 16.9. The zero-order valence-electron chi connectivity index (χ0n) is 16.0. The Bertz CT molecular complexity index is 833. The third-order valence-electron chi connectivity index (χ3n) is 5.89. The molecular weight excluding hydrogens is 401 g/mol. The molecule has 1 aromatic rings. The molecule has 8 heteroatoms. The van der Waals surface area contributed by atoms with Gasteiger partial charge in [0.2, 0.25) is 5.91 Å². The number of halogens is 3. The molecule has 0 spiro atoms. The van der Waals surface area contributed by atoms with Crippen LogP contribution in [0, 0.1) is 5.92 Å². The van der Waals surface area contributed by atoms with E-state index in [1.54, 1.807) is 18.0 Å². The molecule has 0 radical (unpaired) electrons. The Hall–Kier alpha value is -1.96. The van der Waals surface area contributed by atoms with Gasteiger partial charge in [0.25, 0.3) is 5.91 Å². The van der Waals surface area contributed by atoms with Gasteiger partial charge in [-0.2, -0.15) is 13.2 Å². The van der Waals surface area contributed by atoms with Gasteiger partial charge in [-0.05, 0) is 55.9 Å². The predicted molar refractivity (Wildman–Crippen MR) is 106 cm³/mol. The van der Waals surface area contributed by atoms with Crippen molar-refractivity contribution in [3.63, 3.8) is 0 Å². The largest absolute Gasteiger partial charge is 0.416 e. The van der Waals surface area contributed by atoms with Crippen molar-refractivity contribution in [2.45, 2.75) is 55.6 Å². The summed E-state index contributed by atoms with van der Waals surface area (Å²) in [6, 6.07) is 5.16. The second kappa shape index (κ2) is 7.70. The van der Waals surface area contributed by atoms with E-state index in [0.717, 1.165) is 37.8 Å². The fourth-order valence-electron chi connectivity index (χ4n) is 4.00. The number of amides is 2. The van der Waals surface area contributed by atoms with Gasteiger partial charge in [0.15, 0.2) is 0 Å². The third kappa shape index (κ3) is 4.47. The lowest BCUT2D eigenvalue weighted by atomic mass is 9.83. The van der Waals surface area contributed by atoms with Crippen LogP contribution in [-0.4, -0.2) is 41.1 Å². The second-order valence-electron chi connectivity index (χ2n) is 8.06. The average molecular weight is 424 g/mol. The maximum Gasteiger partial charge on any atom is 0.416 e. The summed E-state index contributed by atoms with van der Waals surface area (Å²) >= 11 is 1.49. The highest BCUT2D eigenvalue weighted by Gasteiger charge is 2.43. The molecule has 1 N–H and O–H groups in total. The summed E-state index contributed by atoms with van der Waals surface area (Å²) in [4.78, 5) is 27.5. The van der Waals surface area contributed by atoms with Crippen molar-refractivity contribution < 1.29 is 22.8 Å². The number of alkyl halides is 3. The van der Waals surface area contributed by atoms with Crippen molar-refractivity contribution >= 4 is 29.7 Å². The molecule has 4 rings (SSSR count). The van der Waals surface area contributed by atoms with Crippen molar-refractivity contribution in [2.24, 2.45) is 5.92 Å². The highest BCUT2D eigenvalue weighted by molar-refractivity contribution is 8.04. The van der Waals surface area contributed by atoms with E-state index >= 15 is 0 Å². The van der Waals surface area contributed by atoms with Gasteiger partial charge in [0.1, 0.15) is 0 Å². The first-order valence-corrected chi connectivity index (χ1v) is 10.7. The summed E-state index contributed by atoms with van der Waals surface area (Å²) in [7, 11) is 1.75. The maximum absolute atomic E-state index is 12.8. The number of thioether (sulfide) groups is 1. The molecule has 29 heavy (non-hydrogen) atoms. The molecule has 4 nitrogen and oxygen atoms in total. The van der Waals surface area contributed by atoms with Crippen molar-refractivity contribution in [3.05, 3.63) is 40.3 Å². The fraction of sp³-hybridized carbons (Fsp3) is 0.524. The molecular formula is C21H23F3N2O2S. The van der Waals surface area contributed by atoms with Crippen LogP contribution in [0.1, 0.15) is 43.2 Å². The van der Waals surface area contributed by atoms with Crippen molar-refractivity contribution in [1.29, 1.82) is 0 Å². The third-order valence-corrected chi connectivity index (χ3v) is 7.29. The molecule has 3 atom stereocenters. The van der Waals surface area contributed by atoms with E-state index in [2.05, 4.69) is 5.32 Å². The van der Waals surface area contributed by atoms with Crippen LogP contribution in [0.15, 0.2) is 29.2 Å². The molecule has 1 heterocycles. The Kier molecular flexibility index (Phi) is 5.40. The summed E-state index contributed by atoms with van der Waals surface area (Å²) in [5, 5.41) is 3.26. The molecule has 1 saturated heterocycles. The van der Waals surface area contributed by atoms with Gasteiger partial charge < -0.3 is 10.2 Å². The number of nitrogens with zero attached hydrogens (tertiary/aromatic N) is 1. The van der Waals surface area contributed by atoms with Gasteiger partial charge in [-0.1, -0.05) is 12.1 Å². The number of carbonyl (C=O) groups is 2. The van der Waals surface area contributed by atoms with E-state index in [-0.39, 0.29) is 29.0 Å². The Labute approximate surface area is 171 Å². The first kappa shape index (κ1) is 20.3. The lowest BCUT2D eigenvalue weighted by Gasteiger charge is -2.44. The van der Waals surface area contributed by atoms with E-state index in [1.807, 2.05) is 0 Å². The number of rotatable bonds is 3. The molecule has 0 bridgehead atoms. The summed E-state index contributed by atoms with van der Waals surface area (Å²) in [5.41, 5.74) is -0.138. The van der Waals surface area contributed by atoms with E-state index in [9.17, 15) is 22.8 Å². The topological polar surface area (TPSA) is 49.4 Å². The minimum absolute atomic E-state index is 0.000887. The Morgan fingerprint density at radius 2 is 1.86 bits per heavy atom. The van der Waals surface area contributed by atoms with Crippen LogP contribution in [0.2, 0.25) is 0 Å². The van der Waals surface area contributed by atoms with Crippen molar-refractivity contribution in [3.8, 4) is 0 Å². The molecule has 0 aromatic heterocycles. The van der Waals surface area contributed by atoms with Crippen LogP contribution in [0.4, 0.5) is 13.2 Å². The fourth-order valence-corrected chi connectivity index (χ4v) is 5.48. The lowest BCUT2D eigenvalue weighted by Crippen LogP contribution is -2.52. The Balaban J connectivity index is 1.45. The number of hydrogen-bond acceptors (Lipinski definition) is 3. The number of carbonyl (C=O) groups excluding carboxylic acids is 2. The van der Waals surface area contributed by atoms with E-state index < -0.39 is 11.7 Å². The summed E-state index contributed by atoms with van der Waals surface area (Å²) < 4.78 is 38.2. The highest BCUT2D eigenvalue weighted by Crippen LogP contribution is 2.43. The standard InChI is InChI=1S/C21H23F3N2O2S/c1-26-16-11-13(19(27)25-15-7-8-15)4-9-17(16)29-18(20(26)28)10-12-2-5-14(6-3-12)21(22,23)24/h2-3,5-6,10,13,15-17H,4,7-9,11H2,1H3,(H,25,27)/b18-10-. The van der Waals surface area contributed by atoms with Gasteiger partial charge in [0, 0.05) is 30.3 Å². The van der Waals surface area contributed by atoms with Gasteiger partial charge in [-0.15, -0.1) is 11.8 Å². The SMILES string of the molecule is CN1C(=O)/C(=C/c2ccc(C(F)(F)F)cc2)SC2CCC(C(=O)NC3CC3)CC21. The number of likely N-dealkylation sites (N-methyl/N-ethyl adjacent to an activating group) is 1. The van der Waals surface area contributed by atoms with Gasteiger partial charge >= 0.3 is 6.18 Å². The highest BCUT2D eigenvalue weighted by atomic mass is 32.2. The first-order valence-electron chi connectivity index (χ1n) is 9.85. The minimum Gasteiger partial charge on any atom is -0.353 e. The molecule has 156 valence electrons. The van der Waals surface area contributed by atoms with Crippen LogP contribution in [0.5, 0.6) is 0 Å². The number of hydrogen-bond donors (Lipinski definition) is 1. The summed E-state index contributed by atoms with van der Waals surface area (Å²) in [6.07, 6.45) is 1.67. The minimum atomic E-state index is -4.38. The quantitative estimate of drug-likeness (QED) is 0.745. The lowest BCUT2D eigenvalue weighted by molar-refractivity contribution is -0.137. The van der Waals surface area contributed by atoms with Crippen LogP contribution in [0.25, 0.3) is 6.08 Å².